The highest BCUT2D eigenvalue weighted by atomic mass is 19.2. The fourth-order valence-corrected chi connectivity index (χ4v) is 3.24. The Labute approximate surface area is 126 Å². The van der Waals surface area contributed by atoms with Gasteiger partial charge in [-0.2, -0.15) is 4.39 Å². The predicted octanol–water partition coefficient (Wildman–Crippen LogP) is 5.60. The van der Waals surface area contributed by atoms with Gasteiger partial charge in [0.2, 0.25) is 5.82 Å². The molecule has 0 heterocycles. The minimum absolute atomic E-state index is 0.0124. The van der Waals surface area contributed by atoms with Crippen LogP contribution in [0.2, 0.25) is 0 Å². The van der Waals surface area contributed by atoms with Gasteiger partial charge in [0.05, 0.1) is 6.61 Å². The molecule has 0 radical (unpaired) electrons. The zero-order valence-corrected chi connectivity index (χ0v) is 12.7. The van der Waals surface area contributed by atoms with Crippen molar-refractivity contribution in [2.24, 2.45) is 5.92 Å². The normalized spacial score (nSPS) is 22.0. The van der Waals surface area contributed by atoms with Crippen LogP contribution in [0.5, 0.6) is 5.75 Å². The van der Waals surface area contributed by atoms with E-state index >= 15 is 0 Å². The Morgan fingerprint density at radius 3 is 2.52 bits per heavy atom. The minimum atomic E-state index is -0.844. The van der Waals surface area contributed by atoms with Crippen molar-refractivity contribution in [1.82, 2.24) is 0 Å². The molecule has 1 aliphatic rings. The average molecular weight is 294 g/mol. The van der Waals surface area contributed by atoms with E-state index in [2.05, 4.69) is 6.58 Å². The van der Waals surface area contributed by atoms with E-state index in [1.807, 2.05) is 6.08 Å². The summed E-state index contributed by atoms with van der Waals surface area (Å²) >= 11 is 0. The summed E-state index contributed by atoms with van der Waals surface area (Å²) in [5.41, 5.74) is 0.512. The molecule has 1 fully saturated rings. The van der Waals surface area contributed by atoms with Crippen LogP contribution in [0, 0.1) is 17.6 Å². The first-order valence-corrected chi connectivity index (χ1v) is 7.88. The molecular formula is C18H24F2O. The van der Waals surface area contributed by atoms with Gasteiger partial charge in [-0.25, -0.2) is 4.39 Å². The molecule has 116 valence electrons. The number of allylic oxidation sites excluding steroid dienone is 1. The summed E-state index contributed by atoms with van der Waals surface area (Å²) in [6.07, 6.45) is 8.21. The lowest BCUT2D eigenvalue weighted by atomic mass is 9.77. The van der Waals surface area contributed by atoms with Crippen LogP contribution in [0.15, 0.2) is 24.8 Å². The zero-order chi connectivity index (χ0) is 15.2. The molecule has 0 atom stereocenters. The first kappa shape index (κ1) is 16.0. The van der Waals surface area contributed by atoms with Crippen molar-refractivity contribution < 1.29 is 13.5 Å². The maximum absolute atomic E-state index is 14.2. The van der Waals surface area contributed by atoms with E-state index in [-0.39, 0.29) is 11.7 Å². The van der Waals surface area contributed by atoms with Crippen molar-refractivity contribution in [1.29, 1.82) is 0 Å². The van der Waals surface area contributed by atoms with E-state index in [0.29, 0.717) is 18.1 Å². The Balaban J connectivity index is 2.03. The summed E-state index contributed by atoms with van der Waals surface area (Å²) in [6.45, 7) is 5.85. The second kappa shape index (κ2) is 7.58. The Bertz CT molecular complexity index is 476. The van der Waals surface area contributed by atoms with Gasteiger partial charge in [-0.15, -0.1) is 6.58 Å². The molecule has 2 rings (SSSR count). The molecule has 0 bridgehead atoms. The van der Waals surface area contributed by atoms with Gasteiger partial charge in [0.15, 0.2) is 11.6 Å². The number of rotatable bonds is 6. The number of hydrogen-bond donors (Lipinski definition) is 0. The van der Waals surface area contributed by atoms with Gasteiger partial charge in [0, 0.05) is 0 Å². The van der Waals surface area contributed by atoms with Gasteiger partial charge in [-0.05, 0) is 68.9 Å². The van der Waals surface area contributed by atoms with Crippen LogP contribution >= 0.6 is 0 Å². The van der Waals surface area contributed by atoms with Gasteiger partial charge >= 0.3 is 0 Å². The first-order chi connectivity index (χ1) is 10.2. The molecule has 0 aliphatic heterocycles. The molecule has 0 aromatic heterocycles. The Kier molecular flexibility index (Phi) is 5.77. The van der Waals surface area contributed by atoms with E-state index in [1.54, 1.807) is 19.1 Å². The maximum Gasteiger partial charge on any atom is 0.200 e. The summed E-state index contributed by atoms with van der Waals surface area (Å²) in [6, 6.07) is 3.25. The topological polar surface area (TPSA) is 9.23 Å². The highest BCUT2D eigenvalue weighted by molar-refractivity contribution is 5.33. The van der Waals surface area contributed by atoms with Gasteiger partial charge in [-0.1, -0.05) is 12.1 Å². The lowest BCUT2D eigenvalue weighted by Gasteiger charge is -2.29. The van der Waals surface area contributed by atoms with E-state index in [0.717, 1.165) is 38.5 Å². The highest BCUT2D eigenvalue weighted by Crippen LogP contribution is 2.39. The van der Waals surface area contributed by atoms with Crippen molar-refractivity contribution in [3.63, 3.8) is 0 Å². The van der Waals surface area contributed by atoms with Crippen molar-refractivity contribution >= 4 is 0 Å². The van der Waals surface area contributed by atoms with Crippen LogP contribution in [0.25, 0.3) is 0 Å². The van der Waals surface area contributed by atoms with Crippen LogP contribution < -0.4 is 4.74 Å². The van der Waals surface area contributed by atoms with E-state index in [9.17, 15) is 8.78 Å². The average Bonchev–Trinajstić information content (AvgIpc) is 2.51. The van der Waals surface area contributed by atoms with Crippen LogP contribution in [0.4, 0.5) is 8.78 Å². The third-order valence-corrected chi connectivity index (χ3v) is 4.44. The monoisotopic (exact) mass is 294 g/mol. The molecule has 1 saturated carbocycles. The molecule has 0 spiro atoms. The van der Waals surface area contributed by atoms with E-state index in [4.69, 9.17) is 4.74 Å². The van der Waals surface area contributed by atoms with Crippen molar-refractivity contribution in [2.75, 3.05) is 6.61 Å². The third-order valence-electron chi connectivity index (χ3n) is 4.44. The van der Waals surface area contributed by atoms with Gasteiger partial charge in [0.25, 0.3) is 0 Å². The molecule has 21 heavy (non-hydrogen) atoms. The molecule has 0 amide bonds. The molecule has 1 aliphatic carbocycles. The molecule has 0 N–H and O–H groups in total. The maximum atomic E-state index is 14.2. The molecule has 3 heteroatoms. The second-order valence-electron chi connectivity index (χ2n) is 5.80. The fraction of sp³-hybridized carbons (Fsp3) is 0.556. The molecule has 0 unspecified atom stereocenters. The number of benzene rings is 1. The summed E-state index contributed by atoms with van der Waals surface area (Å²) in [4.78, 5) is 0. The molecule has 1 aromatic rings. The van der Waals surface area contributed by atoms with Crippen LogP contribution in [-0.2, 0) is 0 Å². The third kappa shape index (κ3) is 3.84. The predicted molar refractivity (Wildman–Crippen MR) is 81.7 cm³/mol. The van der Waals surface area contributed by atoms with Crippen molar-refractivity contribution in [3.05, 3.63) is 42.0 Å². The van der Waals surface area contributed by atoms with Gasteiger partial charge in [-0.3, -0.25) is 0 Å². The fourth-order valence-electron chi connectivity index (χ4n) is 3.24. The highest BCUT2D eigenvalue weighted by Gasteiger charge is 2.26. The Morgan fingerprint density at radius 2 is 1.90 bits per heavy atom. The largest absolute Gasteiger partial charge is 0.491 e. The lowest BCUT2D eigenvalue weighted by Crippen LogP contribution is -2.15. The van der Waals surface area contributed by atoms with Gasteiger partial charge in [0.1, 0.15) is 0 Å². The number of halogens is 2. The Morgan fingerprint density at radius 1 is 1.19 bits per heavy atom. The minimum Gasteiger partial charge on any atom is -0.491 e. The molecular weight excluding hydrogens is 270 g/mol. The molecule has 0 saturated heterocycles. The standard InChI is InChI=1S/C18H24F2O/c1-3-5-6-13-7-9-14(10-8-13)15-11-12-16(21-4-2)18(20)17(15)19/h3,11-14H,1,4-10H2,2H3. The lowest BCUT2D eigenvalue weighted by molar-refractivity contribution is 0.297. The van der Waals surface area contributed by atoms with Crippen molar-refractivity contribution in [2.45, 2.75) is 51.4 Å². The van der Waals surface area contributed by atoms with Gasteiger partial charge < -0.3 is 4.74 Å². The van der Waals surface area contributed by atoms with E-state index in [1.165, 1.54) is 0 Å². The molecule has 1 aromatic carbocycles. The second-order valence-corrected chi connectivity index (χ2v) is 5.80. The SMILES string of the molecule is C=CCCC1CCC(c2ccc(OCC)c(F)c2F)CC1. The summed E-state index contributed by atoms with van der Waals surface area (Å²) < 4.78 is 33.2. The summed E-state index contributed by atoms with van der Waals surface area (Å²) in [5.74, 6) is -0.720. The summed E-state index contributed by atoms with van der Waals surface area (Å²) in [5, 5.41) is 0. The summed E-state index contributed by atoms with van der Waals surface area (Å²) in [7, 11) is 0. The quantitative estimate of drug-likeness (QED) is 0.620. The Hall–Kier alpha value is -1.38. The number of hydrogen-bond acceptors (Lipinski definition) is 1. The first-order valence-electron chi connectivity index (χ1n) is 7.88. The smallest absolute Gasteiger partial charge is 0.200 e. The van der Waals surface area contributed by atoms with Crippen molar-refractivity contribution in [3.8, 4) is 5.75 Å². The van der Waals surface area contributed by atoms with Crippen LogP contribution in [0.1, 0.15) is 56.9 Å². The van der Waals surface area contributed by atoms with E-state index < -0.39 is 11.6 Å². The number of ether oxygens (including phenoxy) is 1. The van der Waals surface area contributed by atoms with Crippen LogP contribution in [-0.4, -0.2) is 6.61 Å². The zero-order valence-electron chi connectivity index (χ0n) is 12.7. The molecule has 1 nitrogen and oxygen atoms in total. The van der Waals surface area contributed by atoms with Crippen LogP contribution in [0.3, 0.4) is 0 Å².